The first-order valence-electron chi connectivity index (χ1n) is 24.8. The Morgan fingerprint density at radius 3 is 1.39 bits per heavy atom. The maximum absolute atomic E-state index is 2.55. The Morgan fingerprint density at radius 1 is 0.254 bits per heavy atom. The van der Waals surface area contributed by atoms with Gasteiger partial charge in [-0.1, -0.05) is 196 Å². The van der Waals surface area contributed by atoms with Gasteiger partial charge in [-0.15, -0.1) is 0 Å². The predicted molar refractivity (Wildman–Crippen MR) is 302 cm³/mol. The van der Waals surface area contributed by atoms with Crippen LogP contribution in [-0.4, -0.2) is 9.13 Å². The molecule has 0 unspecified atom stereocenters. The second kappa shape index (κ2) is 15.0. The molecule has 0 amide bonds. The molecule has 0 spiro atoms. The second-order valence-electron chi connectivity index (χ2n) is 20.0. The standard InChI is InChI=1S/C69H46N2/c1-69(2)60-32-18-16-31-55(60)68-51-28-13-12-26-48(51)59(40-61(68)69)67-53-30-15-14-29-52(53)66(43-20-6-3-7-21-43)54-37-35-44(38-58(54)67)45-34-36-50-57-42-64-56(41-65(57)71(63(50)39-45)47-24-10-5-11-25-47)49-27-17-19-33-62(49)70(64)46-22-8-4-9-23-46/h3-42H,1-2H3. The molecule has 1 aliphatic rings. The zero-order valence-corrected chi connectivity index (χ0v) is 39.5. The summed E-state index contributed by atoms with van der Waals surface area (Å²) < 4.78 is 4.90. The lowest BCUT2D eigenvalue weighted by Crippen LogP contribution is -2.15. The third-order valence-corrected chi connectivity index (χ3v) is 15.9. The number of nitrogens with zero attached hydrogens (tertiary/aromatic N) is 2. The monoisotopic (exact) mass is 902 g/mol. The van der Waals surface area contributed by atoms with E-state index >= 15 is 0 Å². The normalized spacial score (nSPS) is 13.0. The minimum absolute atomic E-state index is 0.165. The van der Waals surface area contributed by atoms with Gasteiger partial charge >= 0.3 is 0 Å². The van der Waals surface area contributed by atoms with Crippen molar-refractivity contribution in [2.75, 3.05) is 0 Å². The fourth-order valence-electron chi connectivity index (χ4n) is 12.7. The lowest BCUT2D eigenvalue weighted by atomic mass is 9.78. The molecule has 2 heteroatoms. The molecule has 2 nitrogen and oxygen atoms in total. The molecule has 0 atom stereocenters. The molecular weight excluding hydrogens is 857 g/mol. The van der Waals surface area contributed by atoms with Crippen LogP contribution in [0.3, 0.4) is 0 Å². The van der Waals surface area contributed by atoms with Gasteiger partial charge in [0.15, 0.2) is 0 Å². The molecule has 0 radical (unpaired) electrons. The topological polar surface area (TPSA) is 9.86 Å². The summed E-state index contributed by atoms with van der Waals surface area (Å²) in [4.78, 5) is 0. The highest BCUT2D eigenvalue weighted by Crippen LogP contribution is 2.55. The molecule has 71 heavy (non-hydrogen) atoms. The minimum atomic E-state index is -0.165. The van der Waals surface area contributed by atoms with E-state index in [1.807, 2.05) is 0 Å². The van der Waals surface area contributed by atoms with Gasteiger partial charge in [0, 0.05) is 38.3 Å². The molecule has 1 aliphatic carbocycles. The third-order valence-electron chi connectivity index (χ3n) is 15.9. The number of para-hydroxylation sites is 3. The van der Waals surface area contributed by atoms with Crippen LogP contribution in [0.15, 0.2) is 243 Å². The van der Waals surface area contributed by atoms with Crippen LogP contribution >= 0.6 is 0 Å². The molecule has 0 saturated carbocycles. The van der Waals surface area contributed by atoms with E-state index in [0.29, 0.717) is 0 Å². The predicted octanol–water partition coefficient (Wildman–Crippen LogP) is 18.6. The summed E-state index contributed by atoms with van der Waals surface area (Å²) in [5.41, 5.74) is 19.8. The maximum Gasteiger partial charge on any atom is 0.0548 e. The van der Waals surface area contributed by atoms with Gasteiger partial charge in [0.1, 0.15) is 0 Å². The van der Waals surface area contributed by atoms with E-state index in [9.17, 15) is 0 Å². The molecule has 14 aromatic rings. The van der Waals surface area contributed by atoms with Crippen LogP contribution in [0.4, 0.5) is 0 Å². The first-order valence-corrected chi connectivity index (χ1v) is 24.8. The Hall–Kier alpha value is -8.98. The van der Waals surface area contributed by atoms with Crippen LogP contribution < -0.4 is 0 Å². The van der Waals surface area contributed by atoms with Crippen LogP contribution in [0.1, 0.15) is 25.0 Å². The summed E-state index contributed by atoms with van der Waals surface area (Å²) in [6, 6.07) is 90.5. The molecule has 0 N–H and O–H groups in total. The van der Waals surface area contributed by atoms with Crippen LogP contribution in [-0.2, 0) is 5.41 Å². The lowest BCUT2D eigenvalue weighted by Gasteiger charge is -2.24. The number of benzene rings is 12. The highest BCUT2D eigenvalue weighted by Gasteiger charge is 2.37. The summed E-state index contributed by atoms with van der Waals surface area (Å²) in [6.07, 6.45) is 0. The average Bonchev–Trinajstić information content (AvgIpc) is 4.01. The van der Waals surface area contributed by atoms with Crippen molar-refractivity contribution in [3.05, 3.63) is 254 Å². The van der Waals surface area contributed by atoms with Crippen molar-refractivity contribution in [3.8, 4) is 55.9 Å². The summed E-state index contributed by atoms with van der Waals surface area (Å²) in [6.45, 7) is 4.81. The van der Waals surface area contributed by atoms with E-state index in [1.54, 1.807) is 0 Å². The molecule has 2 heterocycles. The number of aromatic nitrogens is 2. The highest BCUT2D eigenvalue weighted by atomic mass is 15.0. The number of fused-ring (bicyclic) bond motifs is 13. The lowest BCUT2D eigenvalue weighted by molar-refractivity contribution is 0.661. The van der Waals surface area contributed by atoms with E-state index in [4.69, 9.17) is 0 Å². The molecule has 15 rings (SSSR count). The minimum Gasteiger partial charge on any atom is -0.309 e. The summed E-state index contributed by atoms with van der Waals surface area (Å²) in [5.74, 6) is 0. The van der Waals surface area contributed by atoms with Crippen molar-refractivity contribution in [2.24, 2.45) is 0 Å². The van der Waals surface area contributed by atoms with Crippen LogP contribution in [0, 0.1) is 0 Å². The van der Waals surface area contributed by atoms with Crippen LogP contribution in [0.2, 0.25) is 0 Å². The SMILES string of the molecule is CC1(C)c2ccccc2-c2c1cc(-c1c3ccccc3c(-c3ccccc3)c3ccc(-c4ccc5c6cc7c(cc6n(-c6ccccc6)c5c4)c4ccccc4n7-c4ccccc4)cc13)c1ccccc21. The average molecular weight is 903 g/mol. The zero-order valence-electron chi connectivity index (χ0n) is 39.5. The summed E-state index contributed by atoms with van der Waals surface area (Å²) in [7, 11) is 0. The van der Waals surface area contributed by atoms with E-state index in [1.165, 1.54) is 132 Å². The van der Waals surface area contributed by atoms with Crippen molar-refractivity contribution in [2.45, 2.75) is 19.3 Å². The Balaban J connectivity index is 1.02. The Labute approximate surface area is 411 Å². The molecule has 2 aromatic heterocycles. The second-order valence-corrected chi connectivity index (χ2v) is 20.0. The van der Waals surface area contributed by atoms with Crippen LogP contribution in [0.5, 0.6) is 0 Å². The maximum atomic E-state index is 2.55. The van der Waals surface area contributed by atoms with Gasteiger partial charge in [-0.25, -0.2) is 0 Å². The van der Waals surface area contributed by atoms with Gasteiger partial charge in [0.2, 0.25) is 0 Å². The summed E-state index contributed by atoms with van der Waals surface area (Å²) >= 11 is 0. The van der Waals surface area contributed by atoms with Crippen molar-refractivity contribution in [3.63, 3.8) is 0 Å². The summed E-state index contributed by atoms with van der Waals surface area (Å²) in [5, 5.41) is 12.5. The van der Waals surface area contributed by atoms with E-state index in [0.717, 1.165) is 11.4 Å². The van der Waals surface area contributed by atoms with Gasteiger partial charge in [0.05, 0.1) is 22.1 Å². The van der Waals surface area contributed by atoms with Gasteiger partial charge < -0.3 is 9.13 Å². The molecular formula is C69H46N2. The molecule has 0 saturated heterocycles. The fraction of sp³-hybridized carbons (Fsp3) is 0.0435. The van der Waals surface area contributed by atoms with Gasteiger partial charge in [0.25, 0.3) is 0 Å². The molecule has 12 aromatic carbocycles. The van der Waals surface area contributed by atoms with E-state index in [2.05, 4.69) is 266 Å². The number of hydrogen-bond acceptors (Lipinski definition) is 0. The first kappa shape index (κ1) is 40.0. The van der Waals surface area contributed by atoms with E-state index in [-0.39, 0.29) is 5.41 Å². The first-order chi connectivity index (χ1) is 35.0. The van der Waals surface area contributed by atoms with Crippen LogP contribution in [0.25, 0.3) is 132 Å². The largest absolute Gasteiger partial charge is 0.309 e. The van der Waals surface area contributed by atoms with Crippen molar-refractivity contribution in [1.29, 1.82) is 0 Å². The number of rotatable bonds is 5. The quantitative estimate of drug-likeness (QED) is 0.152. The third kappa shape index (κ3) is 5.71. The Bertz CT molecular complexity index is 4510. The van der Waals surface area contributed by atoms with Crippen molar-refractivity contribution >= 4 is 75.9 Å². The van der Waals surface area contributed by atoms with E-state index < -0.39 is 0 Å². The smallest absolute Gasteiger partial charge is 0.0548 e. The van der Waals surface area contributed by atoms with Gasteiger partial charge in [-0.3, -0.25) is 0 Å². The molecule has 0 aliphatic heterocycles. The Morgan fingerprint density at radius 2 is 0.718 bits per heavy atom. The fourth-order valence-corrected chi connectivity index (χ4v) is 12.7. The molecule has 0 bridgehead atoms. The van der Waals surface area contributed by atoms with Gasteiger partial charge in [-0.05, 0) is 149 Å². The highest BCUT2D eigenvalue weighted by molar-refractivity contribution is 6.25. The Kier molecular flexibility index (Phi) is 8.45. The van der Waals surface area contributed by atoms with Crippen molar-refractivity contribution in [1.82, 2.24) is 9.13 Å². The molecule has 0 fully saturated rings. The zero-order chi connectivity index (χ0) is 47.0. The molecule has 332 valence electrons. The number of hydrogen-bond donors (Lipinski definition) is 0. The van der Waals surface area contributed by atoms with Gasteiger partial charge in [-0.2, -0.15) is 0 Å². The van der Waals surface area contributed by atoms with Crippen molar-refractivity contribution < 1.29 is 0 Å².